The minimum atomic E-state index is -0.00104. The van der Waals surface area contributed by atoms with E-state index in [-0.39, 0.29) is 18.6 Å². The predicted octanol–water partition coefficient (Wildman–Crippen LogP) is 5.43. The van der Waals surface area contributed by atoms with Crippen molar-refractivity contribution >= 4 is 23.4 Å². The maximum Gasteiger partial charge on any atom is 0.226 e. The zero-order valence-corrected chi connectivity index (χ0v) is 19.0. The molecule has 156 valence electrons. The van der Waals surface area contributed by atoms with Crippen LogP contribution in [-0.4, -0.2) is 25.4 Å². The SMILES string of the molecule is COC/C=C(\CO)C1C(C)c2c(cc(C(C)C)c3ccccc23)-c2c(S)ccc[n+]21. The second-order valence-corrected chi connectivity index (χ2v) is 8.88. The van der Waals surface area contributed by atoms with Crippen LogP contribution in [0, 0.1) is 0 Å². The largest absolute Gasteiger partial charge is 0.392 e. The molecule has 3 aromatic rings. The van der Waals surface area contributed by atoms with Crippen LogP contribution in [0.5, 0.6) is 0 Å². The van der Waals surface area contributed by atoms with Gasteiger partial charge < -0.3 is 9.84 Å². The lowest BCUT2D eigenvalue weighted by Crippen LogP contribution is -2.48. The fraction of sp³-hybridized carbons (Fsp3) is 0.346. The number of aliphatic hydroxyl groups is 1. The van der Waals surface area contributed by atoms with Crippen molar-refractivity contribution in [2.24, 2.45) is 0 Å². The zero-order chi connectivity index (χ0) is 21.4. The molecule has 0 spiro atoms. The van der Waals surface area contributed by atoms with Gasteiger partial charge in [-0.05, 0) is 39.9 Å². The van der Waals surface area contributed by atoms with Crippen molar-refractivity contribution in [1.82, 2.24) is 0 Å². The number of aliphatic hydroxyl groups excluding tert-OH is 1. The fourth-order valence-electron chi connectivity index (χ4n) is 4.98. The summed E-state index contributed by atoms with van der Waals surface area (Å²) in [6.07, 6.45) is 4.12. The lowest BCUT2D eigenvalue weighted by atomic mass is 9.76. The van der Waals surface area contributed by atoms with Crippen molar-refractivity contribution in [3.8, 4) is 11.3 Å². The maximum absolute atomic E-state index is 10.2. The molecule has 30 heavy (non-hydrogen) atoms. The normalized spacial score (nSPS) is 18.6. The minimum absolute atomic E-state index is 0.00104. The Kier molecular flexibility index (Phi) is 6.01. The predicted molar refractivity (Wildman–Crippen MR) is 125 cm³/mol. The molecule has 1 aliphatic rings. The first-order valence-electron chi connectivity index (χ1n) is 10.6. The van der Waals surface area contributed by atoms with E-state index in [1.807, 2.05) is 18.2 Å². The first-order chi connectivity index (χ1) is 14.5. The van der Waals surface area contributed by atoms with E-state index >= 15 is 0 Å². The third kappa shape index (κ3) is 3.37. The molecule has 0 saturated carbocycles. The summed E-state index contributed by atoms with van der Waals surface area (Å²) >= 11 is 4.85. The molecule has 3 nitrogen and oxygen atoms in total. The fourth-order valence-corrected chi connectivity index (χ4v) is 5.30. The Hall–Kier alpha value is -2.14. The third-order valence-corrected chi connectivity index (χ3v) is 6.66. The minimum Gasteiger partial charge on any atom is -0.392 e. The Labute approximate surface area is 184 Å². The lowest BCUT2D eigenvalue weighted by Gasteiger charge is -2.32. The molecule has 0 bridgehead atoms. The highest BCUT2D eigenvalue weighted by atomic mass is 32.1. The standard InChI is InChI=1S/C26H29NO2S/c1-16(2)21-14-22-24(20-9-6-5-8-19(20)21)17(3)25(18(15-28)11-13-29-4)27-12-7-10-23(30)26(22)27/h5-12,14,16-17,25,28H,13,15H2,1-4H3/p+1/b18-11+. The van der Waals surface area contributed by atoms with Crippen LogP contribution in [0.1, 0.15) is 49.8 Å². The number of methoxy groups -OCH3 is 1. The molecule has 4 heteroatoms. The molecule has 2 atom stereocenters. The van der Waals surface area contributed by atoms with E-state index in [2.05, 4.69) is 61.9 Å². The first-order valence-corrected chi connectivity index (χ1v) is 11.0. The number of pyridine rings is 1. The van der Waals surface area contributed by atoms with Gasteiger partial charge in [-0.2, -0.15) is 4.57 Å². The van der Waals surface area contributed by atoms with Gasteiger partial charge in [0.05, 0.1) is 23.7 Å². The summed E-state index contributed by atoms with van der Waals surface area (Å²) in [6, 6.07) is 15.2. The molecule has 4 rings (SSSR count). The van der Waals surface area contributed by atoms with Gasteiger partial charge in [0.15, 0.2) is 12.2 Å². The van der Waals surface area contributed by atoms with E-state index in [1.165, 1.54) is 27.5 Å². The van der Waals surface area contributed by atoms with E-state index < -0.39 is 0 Å². The van der Waals surface area contributed by atoms with Crippen LogP contribution in [-0.2, 0) is 4.74 Å². The van der Waals surface area contributed by atoms with Crippen molar-refractivity contribution in [3.05, 3.63) is 71.4 Å². The smallest absolute Gasteiger partial charge is 0.226 e. The van der Waals surface area contributed by atoms with E-state index in [9.17, 15) is 5.11 Å². The van der Waals surface area contributed by atoms with Crippen LogP contribution in [0.15, 0.2) is 65.2 Å². The monoisotopic (exact) mass is 420 g/mol. The van der Waals surface area contributed by atoms with Crippen LogP contribution in [0.4, 0.5) is 0 Å². The van der Waals surface area contributed by atoms with Gasteiger partial charge in [-0.3, -0.25) is 0 Å². The summed E-state index contributed by atoms with van der Waals surface area (Å²) in [7, 11) is 1.68. The van der Waals surface area contributed by atoms with E-state index in [0.29, 0.717) is 12.5 Å². The van der Waals surface area contributed by atoms with Gasteiger partial charge in [-0.25, -0.2) is 0 Å². The van der Waals surface area contributed by atoms with Crippen molar-refractivity contribution in [1.29, 1.82) is 0 Å². The molecule has 0 saturated heterocycles. The number of hydrogen-bond donors (Lipinski definition) is 2. The van der Waals surface area contributed by atoms with E-state index in [1.54, 1.807) is 7.11 Å². The van der Waals surface area contributed by atoms with Crippen LogP contribution in [0.3, 0.4) is 0 Å². The molecule has 0 aliphatic carbocycles. The summed E-state index contributed by atoms with van der Waals surface area (Å²) in [6.45, 7) is 7.25. The van der Waals surface area contributed by atoms with Crippen LogP contribution in [0.25, 0.3) is 22.0 Å². The molecule has 0 fully saturated rings. The highest BCUT2D eigenvalue weighted by Crippen LogP contribution is 2.47. The number of ether oxygens (including phenoxy) is 1. The molecule has 0 amide bonds. The summed E-state index contributed by atoms with van der Waals surface area (Å²) in [5, 5.41) is 12.8. The Bertz CT molecular complexity index is 1120. The molecule has 1 aromatic heterocycles. The quantitative estimate of drug-likeness (QED) is 0.328. The van der Waals surface area contributed by atoms with Crippen LogP contribution >= 0.6 is 12.6 Å². The van der Waals surface area contributed by atoms with Crippen molar-refractivity contribution in [2.75, 3.05) is 20.3 Å². The zero-order valence-electron chi connectivity index (χ0n) is 18.1. The van der Waals surface area contributed by atoms with Crippen molar-refractivity contribution in [3.63, 3.8) is 0 Å². The van der Waals surface area contributed by atoms with Crippen molar-refractivity contribution in [2.45, 2.75) is 43.5 Å². The Morgan fingerprint density at radius 1 is 1.20 bits per heavy atom. The number of hydrogen-bond acceptors (Lipinski definition) is 3. The van der Waals surface area contributed by atoms with Gasteiger partial charge in [-0.15, -0.1) is 12.6 Å². The van der Waals surface area contributed by atoms with Crippen LogP contribution < -0.4 is 4.57 Å². The molecule has 1 aliphatic heterocycles. The Morgan fingerprint density at radius 3 is 2.60 bits per heavy atom. The number of rotatable bonds is 5. The van der Waals surface area contributed by atoms with Gasteiger partial charge in [0.25, 0.3) is 0 Å². The summed E-state index contributed by atoms with van der Waals surface area (Å²) in [5.41, 5.74) is 6.02. The molecular formula is C26H30NO2S+. The topological polar surface area (TPSA) is 33.3 Å². The maximum atomic E-state index is 10.2. The first kappa shape index (κ1) is 21.1. The number of fused-ring (bicyclic) bond motifs is 5. The number of aromatic nitrogens is 1. The summed E-state index contributed by atoms with van der Waals surface area (Å²) in [5.74, 6) is 0.609. The molecule has 0 radical (unpaired) electrons. The van der Waals surface area contributed by atoms with Gasteiger partial charge in [0.1, 0.15) is 0 Å². The molecule has 2 heterocycles. The average molecular weight is 421 g/mol. The van der Waals surface area contributed by atoms with Gasteiger partial charge in [-0.1, -0.05) is 51.1 Å². The van der Waals surface area contributed by atoms with Gasteiger partial charge in [0, 0.05) is 24.7 Å². The third-order valence-electron chi connectivity index (χ3n) is 6.30. The number of thiol groups is 1. The summed E-state index contributed by atoms with van der Waals surface area (Å²) < 4.78 is 7.57. The van der Waals surface area contributed by atoms with E-state index in [4.69, 9.17) is 17.4 Å². The van der Waals surface area contributed by atoms with Gasteiger partial charge >= 0.3 is 0 Å². The van der Waals surface area contributed by atoms with Gasteiger partial charge in [0.2, 0.25) is 5.69 Å². The Morgan fingerprint density at radius 2 is 1.93 bits per heavy atom. The van der Waals surface area contributed by atoms with E-state index in [0.717, 1.165) is 16.2 Å². The molecule has 2 unspecified atom stereocenters. The van der Waals surface area contributed by atoms with Crippen molar-refractivity contribution < 1.29 is 14.4 Å². The average Bonchev–Trinajstić information content (AvgIpc) is 2.74. The summed E-state index contributed by atoms with van der Waals surface area (Å²) in [4.78, 5) is 0.949. The highest BCUT2D eigenvalue weighted by Gasteiger charge is 2.41. The lowest BCUT2D eigenvalue weighted by molar-refractivity contribution is -0.710. The number of nitrogens with zero attached hydrogens (tertiary/aromatic N) is 1. The molecular weight excluding hydrogens is 390 g/mol. The number of benzene rings is 2. The molecule has 2 aromatic carbocycles. The second-order valence-electron chi connectivity index (χ2n) is 8.40. The molecule has 1 N–H and O–H groups in total. The van der Waals surface area contributed by atoms with Crippen LogP contribution in [0.2, 0.25) is 0 Å². The second kappa shape index (κ2) is 8.54. The Balaban J connectivity index is 2.09. The highest BCUT2D eigenvalue weighted by molar-refractivity contribution is 7.80.